The molecule has 1 saturated heterocycles. The van der Waals surface area contributed by atoms with E-state index >= 15 is 0 Å². The van der Waals surface area contributed by atoms with Crippen LogP contribution in [0.25, 0.3) is 0 Å². The Balaban J connectivity index is 1.52. The number of imidazole rings is 1. The lowest BCUT2D eigenvalue weighted by molar-refractivity contribution is 0.0906. The number of piperidine rings is 1. The highest BCUT2D eigenvalue weighted by Gasteiger charge is 2.22. The van der Waals surface area contributed by atoms with E-state index in [1.54, 1.807) is 0 Å². The highest BCUT2D eigenvalue weighted by molar-refractivity contribution is 6.30. The van der Waals surface area contributed by atoms with Gasteiger partial charge < -0.3 is 14.6 Å². The molecule has 0 bridgehead atoms. The van der Waals surface area contributed by atoms with Crippen LogP contribution in [0.3, 0.4) is 0 Å². The third-order valence-corrected chi connectivity index (χ3v) is 4.44. The second-order valence-electron chi connectivity index (χ2n) is 5.61. The molecule has 1 fully saturated rings. The molecule has 0 amide bonds. The van der Waals surface area contributed by atoms with Gasteiger partial charge in [-0.3, -0.25) is 0 Å². The third-order valence-electron chi connectivity index (χ3n) is 4.19. The number of β-amino-alcohol motifs (C(OH)–C–C–N with tert-alkyl or cyclic N) is 1. The van der Waals surface area contributed by atoms with Crippen LogP contribution in [0.2, 0.25) is 5.02 Å². The van der Waals surface area contributed by atoms with Crippen LogP contribution in [-0.4, -0.2) is 39.2 Å². The first-order valence-electron chi connectivity index (χ1n) is 7.35. The molecule has 1 aromatic heterocycles. The summed E-state index contributed by atoms with van der Waals surface area (Å²) in [4.78, 5) is 6.44. The lowest BCUT2D eigenvalue weighted by Crippen LogP contribution is -2.37. The monoisotopic (exact) mass is 305 g/mol. The van der Waals surface area contributed by atoms with Gasteiger partial charge in [0.15, 0.2) is 0 Å². The largest absolute Gasteiger partial charge is 0.387 e. The smallest absolute Gasteiger partial charge is 0.0948 e. The molecule has 2 heterocycles. The molecule has 0 spiro atoms. The van der Waals surface area contributed by atoms with Crippen molar-refractivity contribution in [1.29, 1.82) is 0 Å². The second kappa shape index (κ2) is 6.60. The quantitative estimate of drug-likeness (QED) is 0.944. The number of halogens is 1. The van der Waals surface area contributed by atoms with E-state index < -0.39 is 6.10 Å². The minimum absolute atomic E-state index is 0.452. The van der Waals surface area contributed by atoms with Crippen LogP contribution in [0.5, 0.6) is 0 Å². The van der Waals surface area contributed by atoms with Gasteiger partial charge in [-0.2, -0.15) is 0 Å². The highest BCUT2D eigenvalue weighted by atomic mass is 35.5. The fourth-order valence-electron chi connectivity index (χ4n) is 2.92. The predicted octanol–water partition coefficient (Wildman–Crippen LogP) is 2.91. The zero-order chi connectivity index (χ0) is 14.7. The fraction of sp³-hybridized carbons (Fsp3) is 0.438. The molecule has 21 heavy (non-hydrogen) atoms. The van der Waals surface area contributed by atoms with Crippen molar-refractivity contribution in [1.82, 2.24) is 14.5 Å². The Kier molecular flexibility index (Phi) is 4.58. The van der Waals surface area contributed by atoms with Crippen molar-refractivity contribution < 1.29 is 5.11 Å². The van der Waals surface area contributed by atoms with E-state index in [0.717, 1.165) is 31.5 Å². The first-order valence-corrected chi connectivity index (χ1v) is 7.73. The average Bonchev–Trinajstić information content (AvgIpc) is 3.03. The molecule has 3 rings (SSSR count). The van der Waals surface area contributed by atoms with Crippen LogP contribution >= 0.6 is 11.6 Å². The lowest BCUT2D eigenvalue weighted by Gasteiger charge is -2.33. The van der Waals surface area contributed by atoms with Gasteiger partial charge >= 0.3 is 0 Å². The Labute approximate surface area is 130 Å². The van der Waals surface area contributed by atoms with Crippen molar-refractivity contribution in [3.05, 3.63) is 53.6 Å². The topological polar surface area (TPSA) is 41.3 Å². The summed E-state index contributed by atoms with van der Waals surface area (Å²) in [5, 5.41) is 11.0. The van der Waals surface area contributed by atoms with Crippen molar-refractivity contribution >= 4 is 11.6 Å². The van der Waals surface area contributed by atoms with Gasteiger partial charge in [-0.25, -0.2) is 4.98 Å². The van der Waals surface area contributed by atoms with Gasteiger partial charge in [-0.15, -0.1) is 0 Å². The fourth-order valence-corrected chi connectivity index (χ4v) is 3.05. The van der Waals surface area contributed by atoms with Gasteiger partial charge in [0.25, 0.3) is 0 Å². The van der Waals surface area contributed by atoms with Crippen molar-refractivity contribution in [2.45, 2.75) is 25.0 Å². The van der Waals surface area contributed by atoms with E-state index in [1.807, 2.05) is 43.0 Å². The molecule has 0 radical (unpaired) electrons. The molecule has 1 aliphatic rings. The third kappa shape index (κ3) is 3.64. The molecule has 1 N–H and O–H groups in total. The first-order chi connectivity index (χ1) is 10.2. The summed E-state index contributed by atoms with van der Waals surface area (Å²) in [6.45, 7) is 2.69. The summed E-state index contributed by atoms with van der Waals surface area (Å²) in [6.07, 6.45) is 7.50. The van der Waals surface area contributed by atoms with Gasteiger partial charge in [0, 0.05) is 43.1 Å². The van der Waals surface area contributed by atoms with Crippen LogP contribution < -0.4 is 0 Å². The number of benzene rings is 1. The van der Waals surface area contributed by atoms with E-state index in [1.165, 1.54) is 0 Å². The molecule has 0 aliphatic carbocycles. The SMILES string of the molecule is OC(CN1CCC(n2ccnc2)CC1)c1ccc(Cl)cc1. The molecule has 0 saturated carbocycles. The van der Waals surface area contributed by atoms with Crippen LogP contribution in [0.15, 0.2) is 43.0 Å². The zero-order valence-corrected chi connectivity index (χ0v) is 12.7. The molecule has 1 unspecified atom stereocenters. The molecule has 4 nitrogen and oxygen atoms in total. The predicted molar refractivity (Wildman–Crippen MR) is 83.3 cm³/mol. The molecule has 5 heteroatoms. The Morgan fingerprint density at radius 2 is 1.95 bits per heavy atom. The summed E-state index contributed by atoms with van der Waals surface area (Å²) in [6, 6.07) is 7.98. The van der Waals surface area contributed by atoms with Gasteiger partial charge in [-0.1, -0.05) is 23.7 Å². The molecule has 1 aliphatic heterocycles. The number of rotatable bonds is 4. The molecule has 1 atom stereocenters. The summed E-state index contributed by atoms with van der Waals surface area (Å²) < 4.78 is 2.19. The van der Waals surface area contributed by atoms with Crippen molar-refractivity contribution in [3.8, 4) is 0 Å². The molecular formula is C16H20ClN3O. The van der Waals surface area contributed by atoms with E-state index in [-0.39, 0.29) is 0 Å². The van der Waals surface area contributed by atoms with Crippen LogP contribution in [0.4, 0.5) is 0 Å². The van der Waals surface area contributed by atoms with Crippen LogP contribution in [0, 0.1) is 0 Å². The molecule has 112 valence electrons. The van der Waals surface area contributed by atoms with E-state index in [9.17, 15) is 5.11 Å². The van der Waals surface area contributed by atoms with Crippen LogP contribution in [-0.2, 0) is 0 Å². The zero-order valence-electron chi connectivity index (χ0n) is 11.9. The first kappa shape index (κ1) is 14.6. The minimum atomic E-state index is -0.452. The second-order valence-corrected chi connectivity index (χ2v) is 6.05. The molecule has 1 aromatic carbocycles. The number of aromatic nitrogens is 2. The molecular weight excluding hydrogens is 286 g/mol. The highest BCUT2D eigenvalue weighted by Crippen LogP contribution is 2.24. The number of nitrogens with zero attached hydrogens (tertiary/aromatic N) is 3. The van der Waals surface area contributed by atoms with E-state index in [4.69, 9.17) is 11.6 Å². The summed E-state index contributed by atoms with van der Waals surface area (Å²) in [5.41, 5.74) is 0.927. The normalized spacial score (nSPS) is 18.8. The van der Waals surface area contributed by atoms with Crippen molar-refractivity contribution in [2.75, 3.05) is 19.6 Å². The Bertz CT molecular complexity index is 547. The number of aliphatic hydroxyl groups is 1. The van der Waals surface area contributed by atoms with Gasteiger partial charge in [0.2, 0.25) is 0 Å². The maximum absolute atomic E-state index is 10.3. The Morgan fingerprint density at radius 3 is 2.57 bits per heavy atom. The lowest BCUT2D eigenvalue weighted by atomic mass is 10.0. The number of hydrogen-bond acceptors (Lipinski definition) is 3. The maximum atomic E-state index is 10.3. The van der Waals surface area contributed by atoms with Gasteiger partial charge in [0.1, 0.15) is 0 Å². The Morgan fingerprint density at radius 1 is 1.24 bits per heavy atom. The number of aliphatic hydroxyl groups excluding tert-OH is 1. The summed E-state index contributed by atoms with van der Waals surface area (Å²) in [5.74, 6) is 0. The average molecular weight is 306 g/mol. The standard InChI is InChI=1S/C16H20ClN3O/c17-14-3-1-13(2-4-14)16(21)11-19-8-5-15(6-9-19)20-10-7-18-12-20/h1-4,7,10,12,15-16,21H,5-6,8-9,11H2. The minimum Gasteiger partial charge on any atom is -0.387 e. The maximum Gasteiger partial charge on any atom is 0.0948 e. The number of likely N-dealkylation sites (tertiary alicyclic amines) is 1. The summed E-state index contributed by atoms with van der Waals surface area (Å²) >= 11 is 5.87. The van der Waals surface area contributed by atoms with E-state index in [2.05, 4.69) is 14.5 Å². The summed E-state index contributed by atoms with van der Waals surface area (Å²) in [7, 11) is 0. The Hall–Kier alpha value is -1.36. The number of hydrogen-bond donors (Lipinski definition) is 1. The van der Waals surface area contributed by atoms with Crippen molar-refractivity contribution in [3.63, 3.8) is 0 Å². The van der Waals surface area contributed by atoms with E-state index in [0.29, 0.717) is 17.6 Å². The van der Waals surface area contributed by atoms with Gasteiger partial charge in [0.05, 0.1) is 12.4 Å². The molecule has 2 aromatic rings. The van der Waals surface area contributed by atoms with Gasteiger partial charge in [-0.05, 0) is 30.5 Å². The van der Waals surface area contributed by atoms with Crippen LogP contribution in [0.1, 0.15) is 30.6 Å². The van der Waals surface area contributed by atoms with Crippen molar-refractivity contribution in [2.24, 2.45) is 0 Å².